The summed E-state index contributed by atoms with van der Waals surface area (Å²) in [5.74, 6) is 0.645. The highest BCUT2D eigenvalue weighted by Gasteiger charge is 2.25. The molecule has 0 radical (unpaired) electrons. The first kappa shape index (κ1) is 21.0. The second-order valence-corrected chi connectivity index (χ2v) is 8.03. The molecule has 2 amide bonds. The molecule has 0 fully saturated rings. The summed E-state index contributed by atoms with van der Waals surface area (Å²) in [6, 6.07) is 8.07. The van der Waals surface area contributed by atoms with E-state index in [-0.39, 0.29) is 24.5 Å². The van der Waals surface area contributed by atoms with Gasteiger partial charge < -0.3 is 19.5 Å². The van der Waals surface area contributed by atoms with Gasteiger partial charge in [-0.1, -0.05) is 6.07 Å². The van der Waals surface area contributed by atoms with Crippen molar-refractivity contribution in [3.8, 4) is 11.5 Å². The number of pyridine rings is 1. The van der Waals surface area contributed by atoms with Gasteiger partial charge >= 0.3 is 6.09 Å². The van der Waals surface area contributed by atoms with Crippen LogP contribution in [-0.2, 0) is 30.7 Å². The van der Waals surface area contributed by atoms with Crippen molar-refractivity contribution in [3.05, 3.63) is 58.7 Å². The lowest BCUT2D eigenvalue weighted by Crippen LogP contribution is -2.36. The van der Waals surface area contributed by atoms with Gasteiger partial charge in [0, 0.05) is 26.1 Å². The highest BCUT2D eigenvalue weighted by Crippen LogP contribution is 2.25. The number of halogens is 1. The molecular weight excluding hydrogens is 427 g/mol. The van der Waals surface area contributed by atoms with Crippen molar-refractivity contribution >= 4 is 17.8 Å². The van der Waals surface area contributed by atoms with Gasteiger partial charge in [0.2, 0.25) is 0 Å². The van der Waals surface area contributed by atoms with Crippen molar-refractivity contribution in [2.24, 2.45) is 0 Å². The lowest BCUT2D eigenvalue weighted by atomic mass is 9.97. The molecule has 0 bridgehead atoms. The minimum atomic E-state index is -0.611. The molecule has 5 rings (SSSR count). The number of rotatable bonds is 4. The third kappa shape index (κ3) is 4.04. The molecule has 1 N–H and O–H groups in total. The van der Waals surface area contributed by atoms with Gasteiger partial charge in [0.05, 0.1) is 12.2 Å². The average Bonchev–Trinajstić information content (AvgIpc) is 3.43. The summed E-state index contributed by atoms with van der Waals surface area (Å²) in [7, 11) is 0. The predicted molar refractivity (Wildman–Crippen MR) is 117 cm³/mol. The van der Waals surface area contributed by atoms with E-state index in [1.165, 1.54) is 12.1 Å². The van der Waals surface area contributed by atoms with E-state index in [2.05, 4.69) is 20.5 Å². The highest BCUT2D eigenvalue weighted by atomic mass is 19.1. The van der Waals surface area contributed by atoms with Crippen LogP contribution in [0.5, 0.6) is 0 Å². The van der Waals surface area contributed by atoms with Crippen molar-refractivity contribution in [1.29, 1.82) is 0 Å². The Labute approximate surface area is 189 Å². The second kappa shape index (κ2) is 8.61. The Balaban J connectivity index is 1.36. The van der Waals surface area contributed by atoms with Crippen LogP contribution in [0.1, 0.15) is 40.7 Å². The minimum Gasteiger partial charge on any atom is -0.450 e. The predicted octanol–water partition coefficient (Wildman–Crippen LogP) is 3.19. The normalized spacial score (nSPS) is 14.5. The summed E-state index contributed by atoms with van der Waals surface area (Å²) in [6.45, 7) is 3.56. The number of anilines is 1. The number of amides is 2. The second-order valence-electron chi connectivity index (χ2n) is 8.03. The van der Waals surface area contributed by atoms with E-state index in [1.54, 1.807) is 30.0 Å². The van der Waals surface area contributed by atoms with Crippen LogP contribution in [0.4, 0.5) is 15.0 Å². The molecule has 170 valence electrons. The number of hydrogen-bond donors (Lipinski definition) is 1. The van der Waals surface area contributed by atoms with Gasteiger partial charge in [0.15, 0.2) is 5.82 Å². The maximum atomic E-state index is 14.8. The Morgan fingerprint density at radius 3 is 2.88 bits per heavy atom. The Kier molecular flexibility index (Phi) is 5.49. The van der Waals surface area contributed by atoms with Crippen molar-refractivity contribution in [3.63, 3.8) is 0 Å². The van der Waals surface area contributed by atoms with Crippen LogP contribution in [0.15, 0.2) is 30.3 Å². The largest absolute Gasteiger partial charge is 0.450 e. The molecule has 1 aromatic carbocycles. The zero-order valence-corrected chi connectivity index (χ0v) is 18.2. The number of aryl methyl sites for hydroxylation is 1. The number of nitrogens with zero attached hydrogens (tertiary/aromatic N) is 5. The Bertz CT molecular complexity index is 1240. The third-order valence-electron chi connectivity index (χ3n) is 5.90. The van der Waals surface area contributed by atoms with E-state index in [0.717, 1.165) is 36.3 Å². The summed E-state index contributed by atoms with van der Waals surface area (Å²) < 4.78 is 21.8. The van der Waals surface area contributed by atoms with E-state index >= 15 is 0 Å². The van der Waals surface area contributed by atoms with E-state index in [4.69, 9.17) is 4.74 Å². The third-order valence-corrected chi connectivity index (χ3v) is 5.90. The summed E-state index contributed by atoms with van der Waals surface area (Å²) in [5.41, 5.74) is 1.99. The molecular formula is C23H23FN6O3. The van der Waals surface area contributed by atoms with E-state index in [1.807, 2.05) is 4.57 Å². The van der Waals surface area contributed by atoms with Crippen molar-refractivity contribution < 1.29 is 18.7 Å². The zero-order valence-electron chi connectivity index (χ0n) is 18.2. The number of benzene rings is 1. The number of nitrogens with one attached hydrogen (secondary N) is 1. The maximum absolute atomic E-state index is 14.8. The highest BCUT2D eigenvalue weighted by molar-refractivity contribution is 6.04. The molecule has 33 heavy (non-hydrogen) atoms. The Morgan fingerprint density at radius 2 is 2.03 bits per heavy atom. The molecule has 2 aliphatic rings. The molecule has 2 aliphatic heterocycles. The monoisotopic (exact) mass is 450 g/mol. The van der Waals surface area contributed by atoms with Crippen LogP contribution in [0, 0.1) is 5.82 Å². The minimum absolute atomic E-state index is 0.102. The Morgan fingerprint density at radius 1 is 1.15 bits per heavy atom. The van der Waals surface area contributed by atoms with Gasteiger partial charge in [-0.15, -0.1) is 10.2 Å². The lowest BCUT2D eigenvalue weighted by molar-refractivity contribution is 0.102. The van der Waals surface area contributed by atoms with E-state index in [9.17, 15) is 14.0 Å². The SMILES string of the molecule is CCOC(=O)N1CCc2cc(F)c(C(=O)Nc3cccc(-c4nnc5n4CCC5)n3)cc2C1. The number of aromatic nitrogens is 4. The van der Waals surface area contributed by atoms with Crippen LogP contribution in [0.2, 0.25) is 0 Å². The van der Waals surface area contributed by atoms with Gasteiger partial charge in [-0.3, -0.25) is 4.79 Å². The first-order valence-corrected chi connectivity index (χ1v) is 11.0. The first-order valence-electron chi connectivity index (χ1n) is 11.0. The molecule has 9 nitrogen and oxygen atoms in total. The van der Waals surface area contributed by atoms with Crippen molar-refractivity contribution in [1.82, 2.24) is 24.6 Å². The fourth-order valence-electron chi connectivity index (χ4n) is 4.28. The molecule has 0 spiro atoms. The van der Waals surface area contributed by atoms with Crippen LogP contribution in [0.3, 0.4) is 0 Å². The number of fused-ring (bicyclic) bond motifs is 2. The smallest absolute Gasteiger partial charge is 0.410 e. The molecule has 0 saturated carbocycles. The summed E-state index contributed by atoms with van der Waals surface area (Å²) in [5, 5.41) is 11.1. The molecule has 4 heterocycles. The van der Waals surface area contributed by atoms with Gasteiger partial charge in [-0.2, -0.15) is 0 Å². The molecule has 10 heteroatoms. The number of ether oxygens (including phenoxy) is 1. The molecule has 2 aromatic heterocycles. The standard InChI is InChI=1S/C23H23FN6O3/c1-2-33-23(32)29-10-8-14-12-17(24)16(11-15(14)13-29)22(31)26-19-6-3-5-18(25-19)21-28-27-20-7-4-9-30(20)21/h3,5-6,11-12H,2,4,7-10,13H2,1H3,(H,25,26,31). The maximum Gasteiger partial charge on any atom is 0.410 e. The number of carbonyl (C=O) groups is 2. The topological polar surface area (TPSA) is 102 Å². The van der Waals surface area contributed by atoms with Gasteiger partial charge in [0.25, 0.3) is 5.91 Å². The zero-order chi connectivity index (χ0) is 22.9. The van der Waals surface area contributed by atoms with Gasteiger partial charge in [0.1, 0.15) is 23.2 Å². The fourth-order valence-corrected chi connectivity index (χ4v) is 4.28. The van der Waals surface area contributed by atoms with E-state index < -0.39 is 17.8 Å². The van der Waals surface area contributed by atoms with Crippen LogP contribution >= 0.6 is 0 Å². The summed E-state index contributed by atoms with van der Waals surface area (Å²) in [4.78, 5) is 31.0. The Hall–Kier alpha value is -3.82. The van der Waals surface area contributed by atoms with Gasteiger partial charge in [-0.05, 0) is 55.2 Å². The quantitative estimate of drug-likeness (QED) is 0.655. The molecule has 0 saturated heterocycles. The van der Waals surface area contributed by atoms with Crippen LogP contribution in [-0.4, -0.2) is 49.8 Å². The van der Waals surface area contributed by atoms with Crippen LogP contribution in [0.25, 0.3) is 11.5 Å². The van der Waals surface area contributed by atoms with Crippen LogP contribution < -0.4 is 5.32 Å². The summed E-state index contributed by atoms with van der Waals surface area (Å²) >= 11 is 0. The fraction of sp³-hybridized carbons (Fsp3) is 0.348. The number of hydrogen-bond acceptors (Lipinski definition) is 6. The van der Waals surface area contributed by atoms with E-state index in [0.29, 0.717) is 24.5 Å². The first-order chi connectivity index (χ1) is 16.0. The number of carbonyl (C=O) groups excluding carboxylic acids is 2. The molecule has 3 aromatic rings. The molecule has 0 unspecified atom stereocenters. The molecule has 0 atom stereocenters. The average molecular weight is 450 g/mol. The van der Waals surface area contributed by atoms with Crippen molar-refractivity contribution in [2.45, 2.75) is 39.3 Å². The lowest BCUT2D eigenvalue weighted by Gasteiger charge is -2.28. The van der Waals surface area contributed by atoms with Gasteiger partial charge in [-0.25, -0.2) is 14.2 Å². The molecule has 0 aliphatic carbocycles. The summed E-state index contributed by atoms with van der Waals surface area (Å²) in [6.07, 6.45) is 1.98. The van der Waals surface area contributed by atoms with Crippen molar-refractivity contribution in [2.75, 3.05) is 18.5 Å².